The lowest BCUT2D eigenvalue weighted by molar-refractivity contribution is 0.180. The molecular weight excluding hydrogens is 168 g/mol. The maximum absolute atomic E-state index is 10.3. The quantitative estimate of drug-likeness (QED) is 0.605. The van der Waals surface area contributed by atoms with Gasteiger partial charge in [0.1, 0.15) is 0 Å². The van der Waals surface area contributed by atoms with E-state index in [2.05, 4.69) is 5.32 Å². The number of hydrogen-bond acceptors (Lipinski definition) is 2. The summed E-state index contributed by atoms with van der Waals surface area (Å²) in [5.74, 6) is 0.576. The second kappa shape index (κ2) is 4.46. The average Bonchev–Trinajstić information content (AvgIpc) is 2.04. The van der Waals surface area contributed by atoms with Crippen LogP contribution in [0.4, 0.5) is 4.79 Å². The second-order valence-corrected chi connectivity index (χ2v) is 3.92. The third-order valence-corrected chi connectivity index (χ3v) is 2.84. The summed E-state index contributed by atoms with van der Waals surface area (Å²) in [6, 6.07) is 0.387. The Labute approximate surface area is 78.5 Å². The molecule has 0 aliphatic heterocycles. The minimum absolute atomic E-state index is 0.146. The van der Waals surface area contributed by atoms with Crippen molar-refractivity contribution in [3.63, 3.8) is 0 Å². The van der Waals surface area contributed by atoms with Gasteiger partial charge in [-0.3, -0.25) is 0 Å². The van der Waals surface area contributed by atoms with Crippen LogP contribution in [0.1, 0.15) is 32.6 Å². The Kier molecular flexibility index (Phi) is 3.54. The van der Waals surface area contributed by atoms with E-state index in [1.807, 2.05) is 6.92 Å². The van der Waals surface area contributed by atoms with Gasteiger partial charge in [-0.2, -0.15) is 0 Å². The third-order valence-electron chi connectivity index (χ3n) is 2.84. The fourth-order valence-corrected chi connectivity index (χ4v) is 1.96. The predicted octanol–water partition coefficient (Wildman–Crippen LogP) is 1.16. The number of rotatable bonds is 2. The molecule has 4 nitrogen and oxygen atoms in total. The van der Waals surface area contributed by atoms with Crippen molar-refractivity contribution in [2.24, 2.45) is 11.7 Å². The van der Waals surface area contributed by atoms with Crippen LogP contribution in [0.2, 0.25) is 0 Å². The molecule has 0 radical (unpaired) electrons. The van der Waals surface area contributed by atoms with E-state index >= 15 is 0 Å². The van der Waals surface area contributed by atoms with Gasteiger partial charge in [0.05, 0.1) is 0 Å². The van der Waals surface area contributed by atoms with Crippen molar-refractivity contribution in [3.8, 4) is 0 Å². The number of carboxylic acid groups (broad SMARTS) is 1. The summed E-state index contributed by atoms with van der Waals surface area (Å²) < 4.78 is 0. The molecule has 0 heterocycles. The molecule has 0 bridgehead atoms. The Bertz CT molecular complexity index is 174. The third kappa shape index (κ3) is 3.22. The molecule has 1 aliphatic carbocycles. The van der Waals surface area contributed by atoms with Crippen LogP contribution in [0, 0.1) is 5.92 Å². The standard InChI is InChI=1S/C9H18N2O2/c1-6(10)7-2-4-8(5-3-7)11-9(12)13/h6-8,11H,2-5,10H2,1H3,(H,12,13). The van der Waals surface area contributed by atoms with Gasteiger partial charge in [0.2, 0.25) is 0 Å². The maximum atomic E-state index is 10.3. The van der Waals surface area contributed by atoms with Crippen LogP contribution in [-0.4, -0.2) is 23.3 Å². The largest absolute Gasteiger partial charge is 0.465 e. The van der Waals surface area contributed by atoms with Gasteiger partial charge in [-0.1, -0.05) is 0 Å². The minimum atomic E-state index is -0.913. The van der Waals surface area contributed by atoms with Gasteiger partial charge < -0.3 is 16.2 Å². The monoisotopic (exact) mass is 186 g/mol. The average molecular weight is 186 g/mol. The van der Waals surface area contributed by atoms with Crippen molar-refractivity contribution < 1.29 is 9.90 Å². The molecule has 4 N–H and O–H groups in total. The van der Waals surface area contributed by atoms with E-state index in [9.17, 15) is 4.79 Å². The molecule has 1 saturated carbocycles. The molecule has 0 saturated heterocycles. The zero-order valence-corrected chi connectivity index (χ0v) is 7.99. The van der Waals surface area contributed by atoms with Crippen molar-refractivity contribution >= 4 is 6.09 Å². The first-order valence-corrected chi connectivity index (χ1v) is 4.84. The molecule has 1 amide bonds. The lowest BCUT2D eigenvalue weighted by Gasteiger charge is -2.30. The first-order valence-electron chi connectivity index (χ1n) is 4.84. The summed E-state index contributed by atoms with van der Waals surface area (Å²) in [5, 5.41) is 11.0. The fourth-order valence-electron chi connectivity index (χ4n) is 1.96. The first kappa shape index (κ1) is 10.3. The van der Waals surface area contributed by atoms with Crippen LogP contribution in [0.15, 0.2) is 0 Å². The Morgan fingerprint density at radius 3 is 2.38 bits per heavy atom. The Balaban J connectivity index is 2.26. The zero-order chi connectivity index (χ0) is 9.84. The predicted molar refractivity (Wildman–Crippen MR) is 50.6 cm³/mol. The highest BCUT2D eigenvalue weighted by atomic mass is 16.4. The molecule has 1 atom stereocenters. The van der Waals surface area contributed by atoms with Crippen LogP contribution in [0.3, 0.4) is 0 Å². The minimum Gasteiger partial charge on any atom is -0.465 e. The molecule has 1 rings (SSSR count). The number of amides is 1. The van der Waals surface area contributed by atoms with E-state index < -0.39 is 6.09 Å². The highest BCUT2D eigenvalue weighted by molar-refractivity contribution is 5.64. The molecule has 13 heavy (non-hydrogen) atoms. The van der Waals surface area contributed by atoms with Gasteiger partial charge in [0.25, 0.3) is 0 Å². The number of nitrogens with two attached hydrogens (primary N) is 1. The summed E-state index contributed by atoms with van der Waals surface area (Å²) in [6.07, 6.45) is 3.03. The SMILES string of the molecule is CC(N)C1CCC(NC(=O)O)CC1. The van der Waals surface area contributed by atoms with Crippen molar-refractivity contribution in [1.29, 1.82) is 0 Å². The zero-order valence-electron chi connectivity index (χ0n) is 7.99. The van der Waals surface area contributed by atoms with Crippen LogP contribution in [-0.2, 0) is 0 Å². The Hall–Kier alpha value is -0.770. The molecule has 4 heteroatoms. The van der Waals surface area contributed by atoms with Gasteiger partial charge in [0, 0.05) is 12.1 Å². The van der Waals surface area contributed by atoms with Crippen molar-refractivity contribution in [2.45, 2.75) is 44.7 Å². The number of nitrogens with one attached hydrogen (secondary N) is 1. The van der Waals surface area contributed by atoms with Gasteiger partial charge >= 0.3 is 6.09 Å². The van der Waals surface area contributed by atoms with Gasteiger partial charge in [-0.05, 0) is 38.5 Å². The van der Waals surface area contributed by atoms with Crippen molar-refractivity contribution in [2.75, 3.05) is 0 Å². The molecule has 0 aromatic heterocycles. The molecule has 0 aromatic rings. The molecule has 1 aliphatic rings. The van der Waals surface area contributed by atoms with Crippen LogP contribution >= 0.6 is 0 Å². The van der Waals surface area contributed by atoms with E-state index in [0.717, 1.165) is 25.7 Å². The van der Waals surface area contributed by atoms with E-state index in [1.54, 1.807) is 0 Å². The highest BCUT2D eigenvalue weighted by Gasteiger charge is 2.24. The summed E-state index contributed by atoms with van der Waals surface area (Å²) in [7, 11) is 0. The second-order valence-electron chi connectivity index (χ2n) is 3.92. The van der Waals surface area contributed by atoms with Crippen molar-refractivity contribution in [1.82, 2.24) is 5.32 Å². The van der Waals surface area contributed by atoms with Crippen LogP contribution < -0.4 is 11.1 Å². The molecule has 1 fully saturated rings. The topological polar surface area (TPSA) is 75.3 Å². The highest BCUT2D eigenvalue weighted by Crippen LogP contribution is 2.25. The number of hydrogen-bond donors (Lipinski definition) is 3. The van der Waals surface area contributed by atoms with Crippen LogP contribution in [0.5, 0.6) is 0 Å². The Morgan fingerprint density at radius 2 is 2.00 bits per heavy atom. The van der Waals surface area contributed by atoms with E-state index in [0.29, 0.717) is 5.92 Å². The maximum Gasteiger partial charge on any atom is 0.404 e. The summed E-state index contributed by atoms with van der Waals surface area (Å²) in [5.41, 5.74) is 5.78. The van der Waals surface area contributed by atoms with Gasteiger partial charge in [-0.25, -0.2) is 4.79 Å². The lowest BCUT2D eigenvalue weighted by atomic mass is 9.82. The molecule has 1 unspecified atom stereocenters. The first-order chi connectivity index (χ1) is 6.09. The van der Waals surface area contributed by atoms with E-state index in [-0.39, 0.29) is 12.1 Å². The fraction of sp³-hybridized carbons (Fsp3) is 0.889. The molecule has 76 valence electrons. The molecule has 0 spiro atoms. The normalized spacial score (nSPS) is 30.9. The summed E-state index contributed by atoms with van der Waals surface area (Å²) in [4.78, 5) is 10.3. The van der Waals surface area contributed by atoms with Gasteiger partial charge in [0.15, 0.2) is 0 Å². The summed E-state index contributed by atoms with van der Waals surface area (Å²) >= 11 is 0. The smallest absolute Gasteiger partial charge is 0.404 e. The lowest BCUT2D eigenvalue weighted by Crippen LogP contribution is -2.39. The van der Waals surface area contributed by atoms with Gasteiger partial charge in [-0.15, -0.1) is 0 Å². The van der Waals surface area contributed by atoms with E-state index in [1.165, 1.54) is 0 Å². The van der Waals surface area contributed by atoms with E-state index in [4.69, 9.17) is 10.8 Å². The van der Waals surface area contributed by atoms with Crippen molar-refractivity contribution in [3.05, 3.63) is 0 Å². The Morgan fingerprint density at radius 1 is 1.46 bits per heavy atom. The molecule has 0 aromatic carbocycles. The number of carbonyl (C=O) groups is 1. The van der Waals surface area contributed by atoms with Crippen LogP contribution in [0.25, 0.3) is 0 Å². The molecular formula is C9H18N2O2. The summed E-state index contributed by atoms with van der Waals surface area (Å²) in [6.45, 7) is 2.02.